The second kappa shape index (κ2) is 9.22. The summed E-state index contributed by atoms with van der Waals surface area (Å²) in [5.74, 6) is 0.836. The van der Waals surface area contributed by atoms with Gasteiger partial charge < -0.3 is 5.32 Å². The largest absolute Gasteiger partial charge is 0.326 e. The van der Waals surface area contributed by atoms with Crippen molar-refractivity contribution in [3.05, 3.63) is 59.7 Å². The average Bonchev–Trinajstić information content (AvgIpc) is 2.95. The third-order valence-electron chi connectivity index (χ3n) is 4.83. The van der Waals surface area contributed by atoms with Crippen LogP contribution in [0.1, 0.15) is 56.6 Å². The predicted molar refractivity (Wildman–Crippen MR) is 116 cm³/mol. The zero-order chi connectivity index (χ0) is 20.9. The Morgan fingerprint density at radius 2 is 1.86 bits per heavy atom. The summed E-state index contributed by atoms with van der Waals surface area (Å²) < 4.78 is 26.6. The summed E-state index contributed by atoms with van der Waals surface area (Å²) in [4.78, 5) is 16.8. The lowest BCUT2D eigenvalue weighted by Crippen LogP contribution is -2.22. The number of sulfonamides is 1. The fourth-order valence-electron chi connectivity index (χ4n) is 3.22. The molecule has 0 spiro atoms. The van der Waals surface area contributed by atoms with E-state index in [0.717, 1.165) is 24.9 Å². The fourth-order valence-corrected chi connectivity index (χ4v) is 4.47. The van der Waals surface area contributed by atoms with Gasteiger partial charge in [0.15, 0.2) is 0 Å². The molecule has 29 heavy (non-hydrogen) atoms. The Bertz CT molecular complexity index is 1010. The summed E-state index contributed by atoms with van der Waals surface area (Å²) in [6, 6.07) is 14.8. The number of nitrogens with one attached hydrogen (secondary N) is 2. The van der Waals surface area contributed by atoms with Gasteiger partial charge in [0.25, 0.3) is 10.0 Å². The van der Waals surface area contributed by atoms with Gasteiger partial charge in [-0.2, -0.15) is 0 Å². The van der Waals surface area contributed by atoms with Gasteiger partial charge in [0.05, 0.1) is 4.90 Å². The van der Waals surface area contributed by atoms with Gasteiger partial charge in [0.2, 0.25) is 5.91 Å². The monoisotopic (exact) mass is 413 g/mol. The van der Waals surface area contributed by atoms with Crippen LogP contribution >= 0.6 is 0 Å². The Hall–Kier alpha value is -2.67. The summed E-state index contributed by atoms with van der Waals surface area (Å²) in [6.45, 7) is 4.77. The molecule has 1 heterocycles. The van der Waals surface area contributed by atoms with Gasteiger partial charge in [-0.05, 0) is 48.6 Å². The maximum Gasteiger partial charge on any atom is 0.263 e. The van der Waals surface area contributed by atoms with E-state index in [1.807, 2.05) is 18.2 Å². The number of amidine groups is 1. The van der Waals surface area contributed by atoms with Crippen LogP contribution in [0.5, 0.6) is 0 Å². The minimum absolute atomic E-state index is 0.00898. The second-order valence-corrected chi connectivity index (χ2v) is 9.12. The molecule has 0 bridgehead atoms. The van der Waals surface area contributed by atoms with Gasteiger partial charge >= 0.3 is 0 Å². The van der Waals surface area contributed by atoms with E-state index in [-0.39, 0.29) is 10.8 Å². The molecule has 7 heteroatoms. The summed E-state index contributed by atoms with van der Waals surface area (Å²) in [5, 5.41) is 2.95. The van der Waals surface area contributed by atoms with Crippen molar-refractivity contribution in [1.82, 2.24) is 4.72 Å². The van der Waals surface area contributed by atoms with Gasteiger partial charge in [-0.25, -0.2) is 8.42 Å². The Kier molecular flexibility index (Phi) is 6.69. The zero-order valence-electron chi connectivity index (χ0n) is 16.8. The lowest BCUT2D eigenvalue weighted by molar-refractivity contribution is -0.116. The molecule has 1 aliphatic heterocycles. The SMILES string of the molecule is CC(C)c1cccc(NC(=O)CCCCCN=C2NS(=O)(=O)c3ccccc32)c1. The number of benzene rings is 2. The van der Waals surface area contributed by atoms with Gasteiger partial charge in [-0.1, -0.05) is 44.5 Å². The Balaban J connectivity index is 1.41. The summed E-state index contributed by atoms with van der Waals surface area (Å²) in [7, 11) is -3.49. The van der Waals surface area contributed by atoms with E-state index in [2.05, 4.69) is 34.9 Å². The van der Waals surface area contributed by atoms with E-state index in [0.29, 0.717) is 30.3 Å². The molecule has 2 aromatic rings. The van der Waals surface area contributed by atoms with Crippen LogP contribution in [0.15, 0.2) is 58.4 Å². The van der Waals surface area contributed by atoms with Gasteiger partial charge in [0, 0.05) is 24.2 Å². The first-order valence-electron chi connectivity index (χ1n) is 9.93. The molecule has 0 atom stereocenters. The lowest BCUT2D eigenvalue weighted by Gasteiger charge is -2.09. The summed E-state index contributed by atoms with van der Waals surface area (Å²) in [6.07, 6.45) is 2.87. The van der Waals surface area contributed by atoms with Crippen molar-refractivity contribution < 1.29 is 13.2 Å². The molecule has 1 aliphatic rings. The fraction of sp³-hybridized carbons (Fsp3) is 0.364. The van der Waals surface area contributed by atoms with Crippen molar-refractivity contribution in [2.45, 2.75) is 50.3 Å². The smallest absolute Gasteiger partial charge is 0.263 e. The number of hydrogen-bond donors (Lipinski definition) is 2. The Labute approximate surface area is 172 Å². The van der Waals surface area contributed by atoms with Crippen LogP contribution in [0.25, 0.3) is 0 Å². The van der Waals surface area contributed by atoms with Gasteiger partial charge in [0.1, 0.15) is 5.84 Å². The van der Waals surface area contributed by atoms with Crippen molar-refractivity contribution in [3.63, 3.8) is 0 Å². The molecule has 1 amide bonds. The lowest BCUT2D eigenvalue weighted by atomic mass is 10.0. The number of anilines is 1. The number of nitrogens with zero attached hydrogens (tertiary/aromatic N) is 1. The minimum Gasteiger partial charge on any atom is -0.326 e. The van der Waals surface area contributed by atoms with Gasteiger partial charge in [-0.15, -0.1) is 0 Å². The van der Waals surface area contributed by atoms with E-state index in [1.165, 1.54) is 5.56 Å². The highest BCUT2D eigenvalue weighted by Gasteiger charge is 2.29. The van der Waals surface area contributed by atoms with Gasteiger partial charge in [-0.3, -0.25) is 14.5 Å². The molecular formula is C22H27N3O3S. The number of aliphatic imine (C=N–C) groups is 1. The zero-order valence-corrected chi connectivity index (χ0v) is 17.6. The van der Waals surface area contributed by atoms with E-state index in [9.17, 15) is 13.2 Å². The van der Waals surface area contributed by atoms with E-state index >= 15 is 0 Å². The number of rotatable bonds is 8. The van der Waals surface area contributed by atoms with Crippen LogP contribution in [-0.2, 0) is 14.8 Å². The van der Waals surface area contributed by atoms with Crippen molar-refractivity contribution in [1.29, 1.82) is 0 Å². The molecule has 0 saturated heterocycles. The van der Waals surface area contributed by atoms with Crippen LogP contribution in [0.3, 0.4) is 0 Å². The van der Waals surface area contributed by atoms with E-state index < -0.39 is 10.0 Å². The highest BCUT2D eigenvalue weighted by atomic mass is 32.2. The summed E-state index contributed by atoms with van der Waals surface area (Å²) in [5.41, 5.74) is 2.65. The molecule has 2 aromatic carbocycles. The van der Waals surface area contributed by atoms with Crippen LogP contribution in [0.4, 0.5) is 5.69 Å². The molecule has 0 aliphatic carbocycles. The first-order chi connectivity index (χ1) is 13.9. The first kappa shape index (κ1) is 21.0. The molecule has 6 nitrogen and oxygen atoms in total. The van der Waals surface area contributed by atoms with Crippen LogP contribution in [0.2, 0.25) is 0 Å². The predicted octanol–water partition coefficient (Wildman–Crippen LogP) is 4.05. The Morgan fingerprint density at radius 1 is 1.07 bits per heavy atom. The maximum atomic E-state index is 12.1. The van der Waals surface area contributed by atoms with Crippen molar-refractivity contribution in [3.8, 4) is 0 Å². The number of hydrogen-bond acceptors (Lipinski definition) is 4. The van der Waals surface area contributed by atoms with Crippen molar-refractivity contribution >= 4 is 27.5 Å². The summed E-state index contributed by atoms with van der Waals surface area (Å²) >= 11 is 0. The quantitative estimate of drug-likeness (QED) is 0.640. The number of carbonyl (C=O) groups is 1. The minimum atomic E-state index is -3.49. The molecule has 3 rings (SSSR count). The van der Waals surface area contributed by atoms with Crippen LogP contribution in [0, 0.1) is 0 Å². The number of fused-ring (bicyclic) bond motifs is 1. The average molecular weight is 414 g/mol. The molecule has 0 aromatic heterocycles. The normalized spacial score (nSPS) is 15.9. The maximum absolute atomic E-state index is 12.1. The second-order valence-electron chi connectivity index (χ2n) is 7.47. The number of amides is 1. The van der Waals surface area contributed by atoms with Crippen molar-refractivity contribution in [2.75, 3.05) is 11.9 Å². The molecule has 0 unspecified atom stereocenters. The number of unbranched alkanes of at least 4 members (excludes halogenated alkanes) is 2. The third kappa shape index (κ3) is 5.44. The standard InChI is InChI=1S/C22H27N3O3S/c1-16(2)17-9-8-10-18(15-17)24-21(26)13-4-3-7-14-23-22-19-11-5-6-12-20(19)29(27,28)25-22/h5-6,8-12,15-16H,3-4,7,13-14H2,1-2H3,(H,23,25)(H,24,26). The molecule has 154 valence electrons. The number of carbonyl (C=O) groups excluding carboxylic acids is 1. The topological polar surface area (TPSA) is 87.6 Å². The van der Waals surface area contributed by atoms with Crippen LogP contribution in [-0.4, -0.2) is 26.7 Å². The molecule has 0 saturated carbocycles. The van der Waals surface area contributed by atoms with E-state index in [4.69, 9.17) is 0 Å². The highest BCUT2D eigenvalue weighted by Crippen LogP contribution is 2.22. The molecule has 2 N–H and O–H groups in total. The Morgan fingerprint density at radius 3 is 2.66 bits per heavy atom. The van der Waals surface area contributed by atoms with E-state index in [1.54, 1.807) is 24.3 Å². The van der Waals surface area contributed by atoms with Crippen molar-refractivity contribution in [2.24, 2.45) is 4.99 Å². The molecule has 0 fully saturated rings. The molecule has 0 radical (unpaired) electrons. The van der Waals surface area contributed by atoms with Crippen LogP contribution < -0.4 is 10.0 Å². The molecular weight excluding hydrogens is 386 g/mol. The first-order valence-corrected chi connectivity index (χ1v) is 11.4. The highest BCUT2D eigenvalue weighted by molar-refractivity contribution is 7.90. The third-order valence-corrected chi connectivity index (χ3v) is 6.23.